The molecule has 1 aliphatic carbocycles. The number of rotatable bonds is 12. The zero-order chi connectivity index (χ0) is 27.2. The van der Waals surface area contributed by atoms with E-state index in [0.717, 1.165) is 63.9 Å². The maximum atomic E-state index is 13.1. The van der Waals surface area contributed by atoms with Crippen LogP contribution in [0.2, 0.25) is 0 Å². The number of pyridine rings is 1. The fraction of sp³-hybridized carbons (Fsp3) is 0.533. The number of nitrogens with one attached hydrogen (secondary N) is 2. The Morgan fingerprint density at radius 1 is 1.08 bits per heavy atom. The van der Waals surface area contributed by atoms with Gasteiger partial charge in [0.2, 0.25) is 0 Å². The number of nitrogens with two attached hydrogens (primary N) is 1. The quantitative estimate of drug-likeness (QED) is 0.347. The molecule has 2 atom stereocenters. The molecular formula is C30H41N5O3. The van der Waals surface area contributed by atoms with Gasteiger partial charge in [-0.05, 0) is 88.1 Å². The molecule has 204 valence electrons. The Morgan fingerprint density at radius 2 is 1.82 bits per heavy atom. The normalized spacial score (nSPS) is 18.2. The number of nitrogens with zero attached hydrogens (tertiary/aromatic N) is 2. The van der Waals surface area contributed by atoms with Crippen molar-refractivity contribution in [2.75, 3.05) is 23.3 Å². The number of carbonyl (C=O) groups excluding carboxylic acids is 3. The molecule has 2 aliphatic rings. The van der Waals surface area contributed by atoms with Gasteiger partial charge in [0.05, 0.1) is 5.56 Å². The second kappa shape index (κ2) is 12.4. The smallest absolute Gasteiger partial charge is 0.251 e. The first-order valence-corrected chi connectivity index (χ1v) is 14.0. The first kappa shape index (κ1) is 27.6. The SMILES string of the molecule is CCC(CC)Nc1cc(C(=O)NC(C)CC2CCCN(c3ccc(C(=O)C4CC4)cn3)C2)ccc1C(N)=O. The molecule has 8 nitrogen and oxygen atoms in total. The van der Waals surface area contributed by atoms with Gasteiger partial charge in [0.1, 0.15) is 5.82 Å². The molecule has 1 aliphatic heterocycles. The standard InChI is InChI=1S/C30H41N5O3/c1-4-24(5-2)34-26-16-22(10-12-25(26)29(31)37)30(38)33-19(3)15-20-7-6-14-35(18-20)27-13-11-23(17-32-27)28(36)21-8-9-21/h10-13,16-17,19-21,24,34H,4-9,14-15,18H2,1-3H3,(H2,31,37)(H,33,38). The number of Topliss-reactive ketones (excluding diaryl/α,β-unsaturated/α-hetero) is 1. The van der Waals surface area contributed by atoms with Crippen LogP contribution in [0.1, 0.15) is 96.8 Å². The van der Waals surface area contributed by atoms with Crippen LogP contribution in [0.15, 0.2) is 36.5 Å². The minimum Gasteiger partial charge on any atom is -0.382 e. The Morgan fingerprint density at radius 3 is 2.45 bits per heavy atom. The van der Waals surface area contributed by atoms with Gasteiger partial charge in [-0.2, -0.15) is 0 Å². The third-order valence-corrected chi connectivity index (χ3v) is 7.78. The van der Waals surface area contributed by atoms with E-state index in [1.54, 1.807) is 24.4 Å². The van der Waals surface area contributed by atoms with Gasteiger partial charge in [-0.3, -0.25) is 14.4 Å². The number of piperidine rings is 1. The fourth-order valence-electron chi connectivity index (χ4n) is 5.36. The summed E-state index contributed by atoms with van der Waals surface area (Å²) in [6, 6.07) is 9.08. The largest absolute Gasteiger partial charge is 0.382 e. The van der Waals surface area contributed by atoms with Crippen molar-refractivity contribution >= 4 is 29.1 Å². The second-order valence-corrected chi connectivity index (χ2v) is 10.9. The molecule has 0 radical (unpaired) electrons. The summed E-state index contributed by atoms with van der Waals surface area (Å²) in [5.41, 5.74) is 7.78. The highest BCUT2D eigenvalue weighted by atomic mass is 16.2. The van der Waals surface area contributed by atoms with Crippen LogP contribution >= 0.6 is 0 Å². The Hall–Kier alpha value is -3.42. The number of carbonyl (C=O) groups is 3. The lowest BCUT2D eigenvalue weighted by molar-refractivity contribution is 0.0930. The van der Waals surface area contributed by atoms with Crippen molar-refractivity contribution in [2.45, 2.75) is 77.8 Å². The summed E-state index contributed by atoms with van der Waals surface area (Å²) in [6.07, 6.45) is 8.55. The Labute approximate surface area is 225 Å². The van der Waals surface area contributed by atoms with Gasteiger partial charge < -0.3 is 21.3 Å². The van der Waals surface area contributed by atoms with Gasteiger partial charge in [-0.25, -0.2) is 4.98 Å². The predicted molar refractivity (Wildman–Crippen MR) is 151 cm³/mol. The third-order valence-electron chi connectivity index (χ3n) is 7.78. The minimum absolute atomic E-state index is 0.00907. The summed E-state index contributed by atoms with van der Waals surface area (Å²) in [4.78, 5) is 44.2. The van der Waals surface area contributed by atoms with E-state index in [4.69, 9.17) is 5.73 Å². The molecular weight excluding hydrogens is 478 g/mol. The van der Waals surface area contributed by atoms with Crippen LogP contribution in [0.4, 0.5) is 11.5 Å². The Bertz CT molecular complexity index is 1140. The molecule has 2 fully saturated rings. The molecule has 1 saturated heterocycles. The lowest BCUT2D eigenvalue weighted by Crippen LogP contribution is -2.40. The van der Waals surface area contributed by atoms with Crippen molar-refractivity contribution in [2.24, 2.45) is 17.6 Å². The van der Waals surface area contributed by atoms with Crippen LogP contribution in [0.3, 0.4) is 0 Å². The molecule has 4 N–H and O–H groups in total. The zero-order valence-corrected chi connectivity index (χ0v) is 22.8. The van der Waals surface area contributed by atoms with Crippen LogP contribution in [0, 0.1) is 11.8 Å². The minimum atomic E-state index is -0.515. The van der Waals surface area contributed by atoms with E-state index < -0.39 is 5.91 Å². The van der Waals surface area contributed by atoms with Crippen molar-refractivity contribution in [3.8, 4) is 0 Å². The van der Waals surface area contributed by atoms with Crippen LogP contribution in [0.25, 0.3) is 0 Å². The number of primary amides is 1. The average Bonchev–Trinajstić information content (AvgIpc) is 3.77. The summed E-state index contributed by atoms with van der Waals surface area (Å²) < 4.78 is 0. The number of anilines is 2. The molecule has 2 heterocycles. The highest BCUT2D eigenvalue weighted by Gasteiger charge is 2.31. The number of amides is 2. The highest BCUT2D eigenvalue weighted by Crippen LogP contribution is 2.33. The van der Waals surface area contributed by atoms with E-state index >= 15 is 0 Å². The van der Waals surface area contributed by atoms with E-state index in [1.165, 1.54) is 0 Å². The van der Waals surface area contributed by atoms with Gasteiger partial charge in [0.15, 0.2) is 5.78 Å². The molecule has 8 heteroatoms. The number of hydrogen-bond acceptors (Lipinski definition) is 6. The van der Waals surface area contributed by atoms with E-state index in [0.29, 0.717) is 28.3 Å². The van der Waals surface area contributed by atoms with E-state index in [1.807, 2.05) is 19.1 Å². The molecule has 1 saturated carbocycles. The molecule has 0 spiro atoms. The highest BCUT2D eigenvalue weighted by molar-refractivity contribution is 6.02. The van der Waals surface area contributed by atoms with Gasteiger partial charge in [0, 0.05) is 54.1 Å². The van der Waals surface area contributed by atoms with Crippen LogP contribution < -0.4 is 21.3 Å². The van der Waals surface area contributed by atoms with Crippen molar-refractivity contribution in [3.05, 3.63) is 53.2 Å². The zero-order valence-electron chi connectivity index (χ0n) is 22.8. The van der Waals surface area contributed by atoms with Gasteiger partial charge in [-0.15, -0.1) is 0 Å². The first-order chi connectivity index (χ1) is 18.3. The Kier molecular flexibility index (Phi) is 9.02. The van der Waals surface area contributed by atoms with Gasteiger partial charge >= 0.3 is 0 Å². The predicted octanol–water partition coefficient (Wildman–Crippen LogP) is 4.80. The van der Waals surface area contributed by atoms with E-state index in [9.17, 15) is 14.4 Å². The third kappa shape index (κ3) is 6.91. The fourth-order valence-corrected chi connectivity index (χ4v) is 5.36. The van der Waals surface area contributed by atoms with Crippen LogP contribution in [-0.4, -0.2) is 47.8 Å². The van der Waals surface area contributed by atoms with E-state index in [-0.39, 0.29) is 29.7 Å². The van der Waals surface area contributed by atoms with E-state index in [2.05, 4.69) is 34.4 Å². The first-order valence-electron chi connectivity index (χ1n) is 14.0. The summed E-state index contributed by atoms with van der Waals surface area (Å²) in [7, 11) is 0. The second-order valence-electron chi connectivity index (χ2n) is 10.9. The molecule has 2 amide bonds. The molecule has 1 aromatic carbocycles. The summed E-state index contributed by atoms with van der Waals surface area (Å²) in [5, 5.41) is 6.51. The lowest BCUT2D eigenvalue weighted by atomic mass is 9.91. The molecule has 4 rings (SSSR count). The average molecular weight is 520 g/mol. The number of hydrogen-bond donors (Lipinski definition) is 3. The van der Waals surface area contributed by atoms with Crippen molar-refractivity contribution in [3.63, 3.8) is 0 Å². The molecule has 38 heavy (non-hydrogen) atoms. The van der Waals surface area contributed by atoms with Crippen molar-refractivity contribution < 1.29 is 14.4 Å². The number of benzene rings is 1. The number of ketones is 1. The maximum absolute atomic E-state index is 13.1. The van der Waals surface area contributed by atoms with Crippen molar-refractivity contribution in [1.29, 1.82) is 0 Å². The monoisotopic (exact) mass is 519 g/mol. The lowest BCUT2D eigenvalue weighted by Gasteiger charge is -2.35. The maximum Gasteiger partial charge on any atom is 0.251 e. The van der Waals surface area contributed by atoms with Crippen molar-refractivity contribution in [1.82, 2.24) is 10.3 Å². The number of aromatic nitrogens is 1. The molecule has 1 aromatic heterocycles. The van der Waals surface area contributed by atoms with Crippen LogP contribution in [-0.2, 0) is 0 Å². The summed E-state index contributed by atoms with van der Waals surface area (Å²) in [5.74, 6) is 1.08. The molecule has 2 unspecified atom stereocenters. The van der Waals surface area contributed by atoms with Gasteiger partial charge in [-0.1, -0.05) is 13.8 Å². The Balaban J connectivity index is 1.34. The summed E-state index contributed by atoms with van der Waals surface area (Å²) in [6.45, 7) is 8.01. The summed E-state index contributed by atoms with van der Waals surface area (Å²) >= 11 is 0. The molecule has 2 aromatic rings. The molecule has 0 bridgehead atoms. The van der Waals surface area contributed by atoms with Crippen LogP contribution in [0.5, 0.6) is 0 Å². The topological polar surface area (TPSA) is 117 Å². The van der Waals surface area contributed by atoms with Gasteiger partial charge in [0.25, 0.3) is 11.8 Å².